The molecule has 5 rings (SSSR count). The van der Waals surface area contributed by atoms with Gasteiger partial charge >= 0.3 is 0 Å². The number of aryl methyl sites for hydroxylation is 1. The standard InChI is InChI=1S/C21H21F2N7O2/c1-24-19(31)16-10-29(28-25-16)9-13-8-21(22,23)11-30(13)20(32)18-15-7-6-12-4-2-3-5-14(12)17(15)26-27-18/h2-5,10,13H,6-9,11H2,1H3,(H,24,31)(H,26,27)/t13-/m0/s1. The lowest BCUT2D eigenvalue weighted by atomic mass is 9.89. The van der Waals surface area contributed by atoms with Crippen molar-refractivity contribution in [1.82, 2.24) is 35.4 Å². The predicted octanol–water partition coefficient (Wildman–Crippen LogP) is 1.68. The second-order valence-electron chi connectivity index (χ2n) is 8.13. The molecule has 2 amide bonds. The van der Waals surface area contributed by atoms with Gasteiger partial charge in [-0.3, -0.25) is 14.7 Å². The van der Waals surface area contributed by atoms with E-state index in [1.54, 1.807) is 0 Å². The van der Waals surface area contributed by atoms with E-state index in [2.05, 4.69) is 25.8 Å². The number of carbonyl (C=O) groups is 2. The Morgan fingerprint density at radius 3 is 2.91 bits per heavy atom. The summed E-state index contributed by atoms with van der Waals surface area (Å²) in [6.45, 7) is -0.678. The second kappa shape index (κ2) is 7.50. The van der Waals surface area contributed by atoms with Crippen molar-refractivity contribution in [3.63, 3.8) is 0 Å². The summed E-state index contributed by atoms with van der Waals surface area (Å²) in [4.78, 5) is 26.2. The molecular weight excluding hydrogens is 420 g/mol. The highest BCUT2D eigenvalue weighted by Gasteiger charge is 2.48. The maximum Gasteiger partial charge on any atom is 0.273 e. The third kappa shape index (κ3) is 3.43. The fourth-order valence-electron chi connectivity index (χ4n) is 4.52. The third-order valence-corrected chi connectivity index (χ3v) is 6.03. The van der Waals surface area contributed by atoms with Crippen LogP contribution in [0.1, 0.15) is 38.5 Å². The number of rotatable bonds is 4. The monoisotopic (exact) mass is 441 g/mol. The average Bonchev–Trinajstić information content (AvgIpc) is 3.49. The fourth-order valence-corrected chi connectivity index (χ4v) is 4.52. The number of likely N-dealkylation sites (tertiary alicyclic amines) is 1. The summed E-state index contributed by atoms with van der Waals surface area (Å²) in [6, 6.07) is 7.04. The molecule has 1 saturated heterocycles. The zero-order chi connectivity index (χ0) is 22.5. The van der Waals surface area contributed by atoms with Gasteiger partial charge in [0.05, 0.1) is 31.0 Å². The van der Waals surface area contributed by atoms with E-state index in [4.69, 9.17) is 0 Å². The van der Waals surface area contributed by atoms with Gasteiger partial charge in [0.2, 0.25) is 0 Å². The van der Waals surface area contributed by atoms with E-state index in [0.29, 0.717) is 12.1 Å². The highest BCUT2D eigenvalue weighted by Crippen LogP contribution is 2.37. The molecule has 1 atom stereocenters. The lowest BCUT2D eigenvalue weighted by molar-refractivity contribution is 0.0116. The number of halogens is 2. The first-order valence-electron chi connectivity index (χ1n) is 10.3. The number of fused-ring (bicyclic) bond motifs is 3. The molecule has 0 unspecified atom stereocenters. The minimum absolute atomic E-state index is 0.00445. The first kappa shape index (κ1) is 20.3. The number of carbonyl (C=O) groups excluding carboxylic acids is 2. The molecule has 32 heavy (non-hydrogen) atoms. The summed E-state index contributed by atoms with van der Waals surface area (Å²) in [7, 11) is 1.46. The Morgan fingerprint density at radius 2 is 2.09 bits per heavy atom. The largest absolute Gasteiger partial charge is 0.354 e. The Balaban J connectivity index is 1.42. The molecule has 166 valence electrons. The van der Waals surface area contributed by atoms with Gasteiger partial charge in [0.1, 0.15) is 5.69 Å². The number of alkyl halides is 2. The van der Waals surface area contributed by atoms with E-state index < -0.39 is 36.7 Å². The van der Waals surface area contributed by atoms with E-state index in [9.17, 15) is 18.4 Å². The molecule has 1 aliphatic heterocycles. The van der Waals surface area contributed by atoms with Gasteiger partial charge in [0.15, 0.2) is 5.69 Å². The van der Waals surface area contributed by atoms with Crippen molar-refractivity contribution in [1.29, 1.82) is 0 Å². The molecule has 3 aromatic rings. The Hall–Kier alpha value is -3.63. The van der Waals surface area contributed by atoms with Crippen molar-refractivity contribution in [2.24, 2.45) is 0 Å². The minimum atomic E-state index is -3.02. The summed E-state index contributed by atoms with van der Waals surface area (Å²) in [5.74, 6) is -3.95. The van der Waals surface area contributed by atoms with Crippen LogP contribution in [-0.2, 0) is 19.4 Å². The Morgan fingerprint density at radius 1 is 1.28 bits per heavy atom. The molecule has 0 bridgehead atoms. The van der Waals surface area contributed by atoms with Crippen molar-refractivity contribution < 1.29 is 18.4 Å². The van der Waals surface area contributed by atoms with Gasteiger partial charge in [-0.15, -0.1) is 5.10 Å². The molecule has 9 nitrogen and oxygen atoms in total. The van der Waals surface area contributed by atoms with Gasteiger partial charge in [0, 0.05) is 24.6 Å². The first-order valence-corrected chi connectivity index (χ1v) is 10.3. The summed E-state index contributed by atoms with van der Waals surface area (Å²) in [5, 5.41) is 17.2. The second-order valence-corrected chi connectivity index (χ2v) is 8.13. The van der Waals surface area contributed by atoms with E-state index >= 15 is 0 Å². The number of aromatic nitrogens is 5. The lowest BCUT2D eigenvalue weighted by Gasteiger charge is -2.24. The summed E-state index contributed by atoms with van der Waals surface area (Å²) < 4.78 is 30.0. The van der Waals surface area contributed by atoms with E-state index in [1.807, 2.05) is 24.3 Å². The van der Waals surface area contributed by atoms with Crippen LogP contribution in [0.5, 0.6) is 0 Å². The smallest absolute Gasteiger partial charge is 0.273 e. The molecule has 1 aromatic carbocycles. The minimum Gasteiger partial charge on any atom is -0.354 e. The van der Waals surface area contributed by atoms with Crippen LogP contribution >= 0.6 is 0 Å². The van der Waals surface area contributed by atoms with Crippen LogP contribution < -0.4 is 5.32 Å². The molecule has 0 saturated carbocycles. The average molecular weight is 441 g/mol. The van der Waals surface area contributed by atoms with Crippen molar-refractivity contribution in [3.05, 3.63) is 53.0 Å². The lowest BCUT2D eigenvalue weighted by Crippen LogP contribution is -2.39. The number of nitrogens with one attached hydrogen (secondary N) is 2. The Labute approximate surface area is 181 Å². The maximum atomic E-state index is 14.3. The van der Waals surface area contributed by atoms with Crippen LogP contribution in [0.4, 0.5) is 8.78 Å². The number of amides is 2. The molecule has 3 heterocycles. The third-order valence-electron chi connectivity index (χ3n) is 6.03. The van der Waals surface area contributed by atoms with Crippen LogP contribution in [0.25, 0.3) is 11.3 Å². The van der Waals surface area contributed by atoms with Crippen LogP contribution in [-0.4, -0.2) is 67.5 Å². The number of aromatic amines is 1. The normalized spacial score (nSPS) is 18.8. The number of hydrogen-bond acceptors (Lipinski definition) is 5. The first-order chi connectivity index (χ1) is 15.4. The zero-order valence-corrected chi connectivity index (χ0v) is 17.3. The molecule has 11 heteroatoms. The number of nitrogens with zero attached hydrogens (tertiary/aromatic N) is 5. The van der Waals surface area contributed by atoms with E-state index in [-0.39, 0.29) is 17.9 Å². The molecule has 2 N–H and O–H groups in total. The van der Waals surface area contributed by atoms with Crippen LogP contribution in [0, 0.1) is 0 Å². The number of H-pyrrole nitrogens is 1. The fraction of sp³-hybridized carbons (Fsp3) is 0.381. The molecule has 0 radical (unpaired) electrons. The quantitative estimate of drug-likeness (QED) is 0.640. The molecule has 2 aliphatic rings. The zero-order valence-electron chi connectivity index (χ0n) is 17.3. The van der Waals surface area contributed by atoms with Crippen molar-refractivity contribution in [3.8, 4) is 11.3 Å². The highest BCUT2D eigenvalue weighted by atomic mass is 19.3. The van der Waals surface area contributed by atoms with Crippen molar-refractivity contribution in [2.45, 2.75) is 37.8 Å². The van der Waals surface area contributed by atoms with Gasteiger partial charge in [0.25, 0.3) is 17.7 Å². The number of hydrogen-bond donors (Lipinski definition) is 2. The Kier molecular flexibility index (Phi) is 4.75. The number of benzene rings is 1. The van der Waals surface area contributed by atoms with Crippen molar-refractivity contribution in [2.75, 3.05) is 13.6 Å². The van der Waals surface area contributed by atoms with E-state index in [0.717, 1.165) is 23.1 Å². The van der Waals surface area contributed by atoms with Gasteiger partial charge in [-0.1, -0.05) is 29.5 Å². The van der Waals surface area contributed by atoms with Crippen LogP contribution in [0.3, 0.4) is 0 Å². The topological polar surface area (TPSA) is 109 Å². The summed E-state index contributed by atoms with van der Waals surface area (Å²) >= 11 is 0. The predicted molar refractivity (Wildman–Crippen MR) is 109 cm³/mol. The Bertz CT molecular complexity index is 1200. The molecule has 0 spiro atoms. The highest BCUT2D eigenvalue weighted by molar-refractivity contribution is 5.96. The SMILES string of the molecule is CNC(=O)c1cn(C[C@@H]2CC(F)(F)CN2C(=O)c2[nH]nc3c2CCc2ccccc2-3)nn1. The molecule has 1 fully saturated rings. The van der Waals surface area contributed by atoms with Gasteiger partial charge in [-0.2, -0.15) is 5.10 Å². The maximum absolute atomic E-state index is 14.3. The van der Waals surface area contributed by atoms with Crippen LogP contribution in [0.15, 0.2) is 30.5 Å². The van der Waals surface area contributed by atoms with Gasteiger partial charge in [-0.25, -0.2) is 13.5 Å². The summed E-state index contributed by atoms with van der Waals surface area (Å²) in [6.07, 6.45) is 2.25. The summed E-state index contributed by atoms with van der Waals surface area (Å²) in [5.41, 5.74) is 3.89. The van der Waals surface area contributed by atoms with Crippen LogP contribution in [0.2, 0.25) is 0 Å². The van der Waals surface area contributed by atoms with E-state index in [1.165, 1.54) is 22.8 Å². The van der Waals surface area contributed by atoms with Gasteiger partial charge < -0.3 is 10.2 Å². The molecule has 1 aliphatic carbocycles. The molecule has 2 aromatic heterocycles. The molecular formula is C21H21F2N7O2. The van der Waals surface area contributed by atoms with Crippen molar-refractivity contribution >= 4 is 11.8 Å². The van der Waals surface area contributed by atoms with Gasteiger partial charge in [-0.05, 0) is 18.4 Å².